The normalized spacial score (nSPS) is 11.9. The topological polar surface area (TPSA) is 25.8 Å². The number of halogens is 3. The molecule has 2 aromatic rings. The maximum absolute atomic E-state index is 12.6. The van der Waals surface area contributed by atoms with Gasteiger partial charge < -0.3 is 0 Å². The minimum Gasteiger partial charge on any atom is -0.166 e. The van der Waals surface area contributed by atoms with E-state index >= 15 is 0 Å². The molecule has 0 fully saturated rings. The molecule has 0 aliphatic rings. The Balaban J connectivity index is 1.93. The van der Waals surface area contributed by atoms with E-state index < -0.39 is 11.7 Å². The molecule has 0 radical (unpaired) electrons. The van der Waals surface area contributed by atoms with E-state index in [0.29, 0.717) is 17.1 Å². The van der Waals surface area contributed by atoms with Crippen molar-refractivity contribution < 1.29 is 13.2 Å². The molecule has 0 N–H and O–H groups in total. The predicted octanol–water partition coefficient (Wildman–Crippen LogP) is 4.05. The third-order valence-electron chi connectivity index (χ3n) is 1.94. The highest BCUT2D eigenvalue weighted by Crippen LogP contribution is 2.36. The van der Waals surface area contributed by atoms with Crippen molar-refractivity contribution >= 4 is 34.4 Å². The zero-order valence-electron chi connectivity index (χ0n) is 8.40. The van der Waals surface area contributed by atoms with E-state index in [4.69, 9.17) is 0 Å². The second-order valence-corrected chi connectivity index (χ2v) is 5.78. The third-order valence-corrected chi connectivity index (χ3v) is 4.60. The molecule has 0 aliphatic carbocycles. The molecule has 0 aliphatic heterocycles. The fraction of sp³-hybridized carbons (Fsp3) is 0.333. The lowest BCUT2D eigenvalue weighted by Crippen LogP contribution is -2.05. The largest absolute Gasteiger partial charge is 0.417 e. The van der Waals surface area contributed by atoms with E-state index in [1.807, 2.05) is 0 Å². The molecule has 2 aromatic heterocycles. The summed E-state index contributed by atoms with van der Waals surface area (Å²) in [6.07, 6.45) is -4.25. The maximum Gasteiger partial charge on any atom is 0.417 e. The van der Waals surface area contributed by atoms with Gasteiger partial charge in [0.1, 0.15) is 10.5 Å². The molecule has 0 saturated carbocycles. The van der Waals surface area contributed by atoms with Gasteiger partial charge in [0.2, 0.25) is 0 Å². The molecule has 2 heterocycles. The van der Waals surface area contributed by atoms with Crippen LogP contribution in [-0.2, 0) is 17.7 Å². The summed E-state index contributed by atoms with van der Waals surface area (Å²) < 4.78 is 37.7. The van der Waals surface area contributed by atoms with Crippen molar-refractivity contribution in [2.45, 2.75) is 17.7 Å². The number of nitrogens with zero attached hydrogens (tertiary/aromatic N) is 2. The van der Waals surface area contributed by atoms with Gasteiger partial charge in [0.15, 0.2) is 0 Å². The lowest BCUT2D eigenvalue weighted by molar-refractivity contribution is -0.137. The lowest BCUT2D eigenvalue weighted by atomic mass is 10.2. The Labute approximate surface area is 108 Å². The monoisotopic (exact) mass is 296 g/mol. The zero-order valence-corrected chi connectivity index (χ0v) is 10.8. The smallest absolute Gasteiger partial charge is 0.166 e. The Morgan fingerprint density at radius 3 is 2.71 bits per heavy atom. The molecule has 0 atom stereocenters. The Kier molecular flexibility index (Phi) is 4.05. The van der Waals surface area contributed by atoms with E-state index in [-0.39, 0.29) is 0 Å². The number of alkyl halides is 3. The Hall–Kier alpha value is -0.600. The number of thioether (sulfide) groups is 1. The molecule has 92 valence electrons. The van der Waals surface area contributed by atoms with Crippen molar-refractivity contribution in [2.24, 2.45) is 0 Å². The van der Waals surface area contributed by atoms with Crippen LogP contribution in [0.3, 0.4) is 0 Å². The van der Waals surface area contributed by atoms with Gasteiger partial charge in [-0.1, -0.05) is 0 Å². The molecule has 0 saturated heterocycles. The molecule has 2 rings (SSSR count). The van der Waals surface area contributed by atoms with Crippen molar-refractivity contribution in [2.75, 3.05) is 0 Å². The van der Waals surface area contributed by atoms with Crippen LogP contribution < -0.4 is 0 Å². The van der Waals surface area contributed by atoms with Gasteiger partial charge in [0.05, 0.1) is 5.56 Å². The first-order chi connectivity index (χ1) is 8.07. The van der Waals surface area contributed by atoms with Crippen LogP contribution in [-0.4, -0.2) is 10.2 Å². The first-order valence-electron chi connectivity index (χ1n) is 4.52. The number of hydrogen-bond acceptors (Lipinski definition) is 5. The maximum atomic E-state index is 12.6. The summed E-state index contributed by atoms with van der Waals surface area (Å²) in [7, 11) is 0. The van der Waals surface area contributed by atoms with Crippen molar-refractivity contribution in [3.8, 4) is 0 Å². The van der Waals surface area contributed by atoms with Crippen LogP contribution in [0.1, 0.15) is 16.1 Å². The van der Waals surface area contributed by atoms with Gasteiger partial charge in [-0.2, -0.15) is 24.5 Å². The van der Waals surface area contributed by atoms with Crippen LogP contribution in [0.15, 0.2) is 16.3 Å². The minimum atomic E-state index is -4.25. The SMILES string of the molecule is FC(F)(F)c1cscc1CSCc1nncs1. The summed E-state index contributed by atoms with van der Waals surface area (Å²) in [5, 5.41) is 11.0. The van der Waals surface area contributed by atoms with Gasteiger partial charge in [0, 0.05) is 16.9 Å². The van der Waals surface area contributed by atoms with E-state index in [9.17, 15) is 13.2 Å². The summed E-state index contributed by atoms with van der Waals surface area (Å²) in [5.74, 6) is 0.940. The standard InChI is InChI=1S/C9H7F3N2S3/c10-9(11,12)7-3-15-1-6(7)2-16-4-8-14-13-5-17-8/h1,3,5H,2,4H2. The quantitative estimate of drug-likeness (QED) is 0.851. The molecular weight excluding hydrogens is 289 g/mol. The van der Waals surface area contributed by atoms with Crippen molar-refractivity contribution in [3.05, 3.63) is 32.4 Å². The van der Waals surface area contributed by atoms with E-state index in [2.05, 4.69) is 10.2 Å². The van der Waals surface area contributed by atoms with Gasteiger partial charge in [0.25, 0.3) is 0 Å². The van der Waals surface area contributed by atoms with Crippen LogP contribution in [0.2, 0.25) is 0 Å². The highest BCUT2D eigenvalue weighted by Gasteiger charge is 2.33. The first kappa shape index (κ1) is 12.8. The Morgan fingerprint density at radius 1 is 1.24 bits per heavy atom. The summed E-state index contributed by atoms with van der Waals surface area (Å²) in [6, 6.07) is 0. The summed E-state index contributed by atoms with van der Waals surface area (Å²) >= 11 is 3.90. The van der Waals surface area contributed by atoms with Crippen LogP contribution in [0.4, 0.5) is 13.2 Å². The molecule has 0 bridgehead atoms. The van der Waals surface area contributed by atoms with Crippen molar-refractivity contribution in [1.29, 1.82) is 0 Å². The van der Waals surface area contributed by atoms with Gasteiger partial charge >= 0.3 is 6.18 Å². The van der Waals surface area contributed by atoms with E-state index in [0.717, 1.165) is 21.7 Å². The Bertz CT molecular complexity index is 464. The van der Waals surface area contributed by atoms with Crippen molar-refractivity contribution in [1.82, 2.24) is 10.2 Å². The molecule has 8 heteroatoms. The van der Waals surface area contributed by atoms with Crippen LogP contribution >= 0.6 is 34.4 Å². The molecule has 0 unspecified atom stereocenters. The Morgan fingerprint density at radius 2 is 2.06 bits per heavy atom. The van der Waals surface area contributed by atoms with E-state index in [1.165, 1.54) is 23.1 Å². The zero-order chi connectivity index (χ0) is 12.3. The highest BCUT2D eigenvalue weighted by molar-refractivity contribution is 7.97. The number of rotatable bonds is 4. The third kappa shape index (κ3) is 3.43. The van der Waals surface area contributed by atoms with E-state index in [1.54, 1.807) is 10.9 Å². The highest BCUT2D eigenvalue weighted by atomic mass is 32.2. The van der Waals surface area contributed by atoms with Crippen LogP contribution in [0.5, 0.6) is 0 Å². The first-order valence-corrected chi connectivity index (χ1v) is 7.50. The molecule has 17 heavy (non-hydrogen) atoms. The average molecular weight is 296 g/mol. The fourth-order valence-electron chi connectivity index (χ4n) is 1.19. The fourth-order valence-corrected chi connectivity index (χ4v) is 3.79. The molecule has 0 aromatic carbocycles. The number of aromatic nitrogens is 2. The molecule has 2 nitrogen and oxygen atoms in total. The van der Waals surface area contributed by atoms with Gasteiger partial charge in [-0.05, 0) is 10.9 Å². The molecule has 0 amide bonds. The number of hydrogen-bond donors (Lipinski definition) is 0. The average Bonchev–Trinajstić information content (AvgIpc) is 2.86. The van der Waals surface area contributed by atoms with Gasteiger partial charge in [-0.3, -0.25) is 0 Å². The van der Waals surface area contributed by atoms with Crippen LogP contribution in [0, 0.1) is 0 Å². The summed E-state index contributed by atoms with van der Waals surface area (Å²) in [6.45, 7) is 0. The minimum absolute atomic E-state index is 0.344. The lowest BCUT2D eigenvalue weighted by Gasteiger charge is -2.07. The summed E-state index contributed by atoms with van der Waals surface area (Å²) in [4.78, 5) is 0. The molecular formula is C9H7F3N2S3. The van der Waals surface area contributed by atoms with Gasteiger partial charge in [-0.15, -0.1) is 33.3 Å². The van der Waals surface area contributed by atoms with Gasteiger partial charge in [-0.25, -0.2) is 0 Å². The second kappa shape index (κ2) is 5.36. The summed E-state index contributed by atoms with van der Waals surface area (Å²) in [5.41, 5.74) is 1.44. The number of thiophene rings is 1. The predicted molar refractivity (Wildman–Crippen MR) is 64.2 cm³/mol. The van der Waals surface area contributed by atoms with Crippen LogP contribution in [0.25, 0.3) is 0 Å². The second-order valence-electron chi connectivity index (χ2n) is 3.13. The van der Waals surface area contributed by atoms with Crippen molar-refractivity contribution in [3.63, 3.8) is 0 Å². The molecule has 0 spiro atoms.